The van der Waals surface area contributed by atoms with Gasteiger partial charge >= 0.3 is 0 Å². The lowest BCUT2D eigenvalue weighted by Gasteiger charge is -2.02. The summed E-state index contributed by atoms with van der Waals surface area (Å²) in [6.45, 7) is 5.74. The second-order valence-corrected chi connectivity index (χ2v) is 7.72. The molecule has 0 radical (unpaired) electrons. The number of rotatable bonds is 3. The summed E-state index contributed by atoms with van der Waals surface area (Å²) in [5.41, 5.74) is 2.14. The minimum Gasteiger partial charge on any atom is -0.267 e. The number of fused-ring (bicyclic) bond motifs is 1. The van der Waals surface area contributed by atoms with Gasteiger partial charge in [0.1, 0.15) is 0 Å². The summed E-state index contributed by atoms with van der Waals surface area (Å²) in [5, 5.41) is 1.14. The van der Waals surface area contributed by atoms with E-state index in [4.69, 9.17) is 0 Å². The third-order valence-corrected chi connectivity index (χ3v) is 5.33. The van der Waals surface area contributed by atoms with Gasteiger partial charge in [0.05, 0.1) is 26.7 Å². The van der Waals surface area contributed by atoms with E-state index in [2.05, 4.69) is 15.2 Å². The Balaban J connectivity index is 0.000000172. The molecule has 0 spiro atoms. The van der Waals surface area contributed by atoms with Gasteiger partial charge in [-0.15, -0.1) is 11.3 Å². The summed E-state index contributed by atoms with van der Waals surface area (Å²) in [5.74, 6) is 0. The van der Waals surface area contributed by atoms with Crippen molar-refractivity contribution in [1.82, 2.24) is 4.98 Å². The van der Waals surface area contributed by atoms with Crippen molar-refractivity contribution < 1.29 is 12.6 Å². The fourth-order valence-electron chi connectivity index (χ4n) is 1.92. The van der Waals surface area contributed by atoms with Gasteiger partial charge in [-0.3, -0.25) is 4.18 Å². The third-order valence-electron chi connectivity index (χ3n) is 2.98. The van der Waals surface area contributed by atoms with Crippen LogP contribution < -0.4 is 0 Å². The molecule has 0 unspecified atom stereocenters. The molecule has 122 valence electrons. The quantitative estimate of drug-likeness (QED) is 0.661. The molecule has 0 fully saturated rings. The van der Waals surface area contributed by atoms with E-state index in [1.807, 2.05) is 32.0 Å². The second-order valence-electron chi connectivity index (χ2n) is 4.87. The third kappa shape index (κ3) is 4.86. The molecule has 1 aromatic heterocycles. The smallest absolute Gasteiger partial charge is 0.267 e. The standard InChI is InChI=1S/C9H12O3S.C8H7NS/c1-3-12-13(10,11)9-6-4-8(2)5-7-9;1-6-9-7-4-2-3-5-8(7)10-6/h4-7H,3H2,1-2H3;2-5H,1H3. The summed E-state index contributed by atoms with van der Waals surface area (Å²) in [4.78, 5) is 4.54. The molecular weight excluding hydrogens is 330 g/mol. The van der Waals surface area contributed by atoms with E-state index in [-0.39, 0.29) is 11.5 Å². The van der Waals surface area contributed by atoms with Crippen LogP contribution in [0.2, 0.25) is 0 Å². The summed E-state index contributed by atoms with van der Waals surface area (Å²) >= 11 is 1.74. The molecule has 0 aliphatic carbocycles. The Hall–Kier alpha value is -1.76. The molecule has 0 saturated heterocycles. The number of hydrogen-bond donors (Lipinski definition) is 0. The maximum atomic E-state index is 11.3. The highest BCUT2D eigenvalue weighted by Crippen LogP contribution is 2.19. The van der Waals surface area contributed by atoms with Crippen molar-refractivity contribution in [3.63, 3.8) is 0 Å². The van der Waals surface area contributed by atoms with Gasteiger partial charge in [-0.1, -0.05) is 29.8 Å². The highest BCUT2D eigenvalue weighted by atomic mass is 32.2. The number of para-hydroxylation sites is 1. The van der Waals surface area contributed by atoms with E-state index >= 15 is 0 Å². The Bertz CT molecular complexity index is 835. The van der Waals surface area contributed by atoms with Crippen LogP contribution >= 0.6 is 11.3 Å². The topological polar surface area (TPSA) is 56.3 Å². The fourth-order valence-corrected chi connectivity index (χ4v) is 3.66. The molecule has 0 bridgehead atoms. The monoisotopic (exact) mass is 349 g/mol. The molecule has 0 aliphatic rings. The molecule has 1 heterocycles. The molecule has 0 atom stereocenters. The number of aryl methyl sites for hydroxylation is 2. The number of benzene rings is 2. The Morgan fingerprint density at radius 1 is 1.04 bits per heavy atom. The van der Waals surface area contributed by atoms with Gasteiger partial charge in [0.2, 0.25) is 0 Å². The Morgan fingerprint density at radius 2 is 1.70 bits per heavy atom. The lowest BCUT2D eigenvalue weighted by Crippen LogP contribution is -2.05. The molecule has 23 heavy (non-hydrogen) atoms. The van der Waals surface area contributed by atoms with Crippen LogP contribution in [0.15, 0.2) is 53.4 Å². The van der Waals surface area contributed by atoms with Crippen molar-refractivity contribution in [2.24, 2.45) is 0 Å². The van der Waals surface area contributed by atoms with E-state index in [0.29, 0.717) is 0 Å². The summed E-state index contributed by atoms with van der Waals surface area (Å²) in [6.07, 6.45) is 0. The van der Waals surface area contributed by atoms with Gasteiger partial charge in [0, 0.05) is 0 Å². The molecule has 4 nitrogen and oxygen atoms in total. The molecule has 6 heteroatoms. The molecule has 0 aliphatic heterocycles. The zero-order chi connectivity index (χ0) is 16.9. The summed E-state index contributed by atoms with van der Waals surface area (Å²) in [6, 6.07) is 14.8. The van der Waals surface area contributed by atoms with Crippen LogP contribution in [0.1, 0.15) is 17.5 Å². The molecule has 0 N–H and O–H groups in total. The average molecular weight is 349 g/mol. The normalized spacial score (nSPS) is 11.1. The van der Waals surface area contributed by atoms with Crippen LogP contribution in [0.25, 0.3) is 10.2 Å². The van der Waals surface area contributed by atoms with E-state index in [0.717, 1.165) is 16.1 Å². The zero-order valence-corrected chi connectivity index (χ0v) is 14.9. The van der Waals surface area contributed by atoms with Gasteiger partial charge in [-0.2, -0.15) is 8.42 Å². The van der Waals surface area contributed by atoms with Crippen molar-refractivity contribution in [2.45, 2.75) is 25.7 Å². The first-order valence-corrected chi connectivity index (χ1v) is 9.43. The van der Waals surface area contributed by atoms with Gasteiger partial charge in [-0.25, -0.2) is 4.98 Å². The van der Waals surface area contributed by atoms with Gasteiger partial charge in [-0.05, 0) is 45.0 Å². The molecular formula is C17H19NO3S2. The largest absolute Gasteiger partial charge is 0.296 e. The highest BCUT2D eigenvalue weighted by Gasteiger charge is 2.12. The predicted octanol–water partition coefficient (Wildman–Crippen LogP) is 4.32. The fraction of sp³-hybridized carbons (Fsp3) is 0.235. The Kier molecular flexibility index (Phi) is 5.87. The van der Waals surface area contributed by atoms with Gasteiger partial charge in [0.25, 0.3) is 10.1 Å². The van der Waals surface area contributed by atoms with Crippen molar-refractivity contribution in [3.05, 3.63) is 59.1 Å². The molecule has 3 aromatic rings. The summed E-state index contributed by atoms with van der Waals surface area (Å²) in [7, 11) is -3.53. The second kappa shape index (κ2) is 7.68. The number of thiazole rings is 1. The van der Waals surface area contributed by atoms with Gasteiger partial charge in [0.15, 0.2) is 0 Å². The zero-order valence-electron chi connectivity index (χ0n) is 13.3. The van der Waals surface area contributed by atoms with Crippen LogP contribution in [-0.4, -0.2) is 20.0 Å². The summed E-state index contributed by atoms with van der Waals surface area (Å²) < 4.78 is 28.5. The first kappa shape index (κ1) is 17.6. The van der Waals surface area contributed by atoms with Crippen LogP contribution in [0.5, 0.6) is 0 Å². The van der Waals surface area contributed by atoms with Crippen LogP contribution in [-0.2, 0) is 14.3 Å². The van der Waals surface area contributed by atoms with Crippen LogP contribution in [0.4, 0.5) is 0 Å². The SMILES string of the molecule is CCOS(=O)(=O)c1ccc(C)cc1.Cc1nc2ccccc2s1. The molecule has 0 amide bonds. The van der Waals surface area contributed by atoms with Crippen LogP contribution in [0, 0.1) is 13.8 Å². The maximum absolute atomic E-state index is 11.3. The highest BCUT2D eigenvalue weighted by molar-refractivity contribution is 7.86. The van der Waals surface area contributed by atoms with E-state index in [9.17, 15) is 8.42 Å². The first-order valence-electron chi connectivity index (χ1n) is 7.20. The maximum Gasteiger partial charge on any atom is 0.296 e. The predicted molar refractivity (Wildman–Crippen MR) is 94.3 cm³/mol. The molecule has 3 rings (SSSR count). The van der Waals surface area contributed by atoms with Crippen molar-refractivity contribution in [1.29, 1.82) is 0 Å². The number of hydrogen-bond acceptors (Lipinski definition) is 5. The number of nitrogens with zero attached hydrogens (tertiary/aromatic N) is 1. The minimum absolute atomic E-state index is 0.163. The average Bonchev–Trinajstić information content (AvgIpc) is 2.88. The van der Waals surface area contributed by atoms with Crippen molar-refractivity contribution in [3.8, 4) is 0 Å². The first-order chi connectivity index (χ1) is 10.9. The van der Waals surface area contributed by atoms with Crippen molar-refractivity contribution in [2.75, 3.05) is 6.61 Å². The number of aromatic nitrogens is 1. The van der Waals surface area contributed by atoms with E-state index < -0.39 is 10.1 Å². The van der Waals surface area contributed by atoms with Crippen LogP contribution in [0.3, 0.4) is 0 Å². The molecule has 0 saturated carbocycles. The van der Waals surface area contributed by atoms with E-state index in [1.165, 1.54) is 4.70 Å². The molecule has 2 aromatic carbocycles. The Labute approximate surface area is 140 Å². The Morgan fingerprint density at radius 3 is 2.30 bits per heavy atom. The lowest BCUT2D eigenvalue weighted by atomic mass is 10.2. The van der Waals surface area contributed by atoms with Gasteiger partial charge < -0.3 is 0 Å². The minimum atomic E-state index is -3.53. The van der Waals surface area contributed by atoms with E-state index in [1.54, 1.807) is 42.5 Å². The van der Waals surface area contributed by atoms with Crippen molar-refractivity contribution >= 4 is 31.7 Å². The lowest BCUT2D eigenvalue weighted by molar-refractivity contribution is 0.338.